The molecule has 0 amide bonds. The largest absolute Gasteiger partial charge is 0.377 e. The second-order valence-corrected chi connectivity index (χ2v) is 3.83. The summed E-state index contributed by atoms with van der Waals surface area (Å²) in [5, 5.41) is 3.10. The summed E-state index contributed by atoms with van der Waals surface area (Å²) >= 11 is 0. The van der Waals surface area contributed by atoms with Crippen molar-refractivity contribution < 1.29 is 4.74 Å². The average Bonchev–Trinajstić information content (AvgIpc) is 2.26. The van der Waals surface area contributed by atoms with Gasteiger partial charge in [-0.25, -0.2) is 0 Å². The first-order valence-electron chi connectivity index (χ1n) is 5.63. The van der Waals surface area contributed by atoms with Crippen LogP contribution in [-0.4, -0.2) is 26.3 Å². The first-order valence-corrected chi connectivity index (χ1v) is 5.63. The maximum absolute atomic E-state index is 5.64. The maximum Gasteiger partial charge on any atom is 0.0671 e. The molecule has 0 aliphatic carbocycles. The molecule has 0 saturated heterocycles. The smallest absolute Gasteiger partial charge is 0.0671 e. The Balaban J connectivity index is 2.07. The third-order valence-corrected chi connectivity index (χ3v) is 2.35. The summed E-state index contributed by atoms with van der Waals surface area (Å²) in [5.41, 5.74) is 1.39. The Morgan fingerprint density at radius 2 is 2.00 bits per heavy atom. The fraction of sp³-hybridized carbons (Fsp3) is 0.538. The number of hydrogen-bond acceptors (Lipinski definition) is 2. The maximum atomic E-state index is 5.64. The van der Waals surface area contributed by atoms with Crippen molar-refractivity contribution in [1.82, 2.24) is 5.32 Å². The van der Waals surface area contributed by atoms with E-state index < -0.39 is 0 Å². The van der Waals surface area contributed by atoms with E-state index in [4.69, 9.17) is 4.74 Å². The van der Waals surface area contributed by atoms with Gasteiger partial charge in [0, 0.05) is 13.2 Å². The normalized spacial score (nSPS) is 12.7. The highest BCUT2D eigenvalue weighted by Crippen LogP contribution is 2.03. The molecule has 0 fully saturated rings. The highest BCUT2D eigenvalue weighted by Gasteiger charge is 1.99. The molecule has 0 bridgehead atoms. The summed E-state index contributed by atoms with van der Waals surface area (Å²) in [7, 11) is 1.95. The van der Waals surface area contributed by atoms with Gasteiger partial charge in [0.15, 0.2) is 0 Å². The minimum atomic E-state index is 0.311. The summed E-state index contributed by atoms with van der Waals surface area (Å²) in [6.07, 6.45) is 2.51. The Labute approximate surface area is 92.6 Å². The van der Waals surface area contributed by atoms with Crippen molar-refractivity contribution in [3.63, 3.8) is 0 Å². The summed E-state index contributed by atoms with van der Waals surface area (Å²) in [5.74, 6) is 0. The van der Waals surface area contributed by atoms with E-state index in [1.807, 2.05) is 7.05 Å². The minimum Gasteiger partial charge on any atom is -0.377 e. The van der Waals surface area contributed by atoms with Crippen molar-refractivity contribution in [2.24, 2.45) is 0 Å². The molecule has 0 saturated carbocycles. The van der Waals surface area contributed by atoms with E-state index in [0.29, 0.717) is 6.10 Å². The molecule has 0 heterocycles. The van der Waals surface area contributed by atoms with Crippen molar-refractivity contribution in [2.75, 3.05) is 20.2 Å². The molecule has 1 atom stereocenters. The van der Waals surface area contributed by atoms with Crippen molar-refractivity contribution in [3.8, 4) is 0 Å². The molecule has 2 heteroatoms. The van der Waals surface area contributed by atoms with Gasteiger partial charge in [0.2, 0.25) is 0 Å². The molecule has 0 aliphatic heterocycles. The fourth-order valence-corrected chi connectivity index (χ4v) is 1.55. The number of benzene rings is 1. The van der Waals surface area contributed by atoms with Crippen LogP contribution in [-0.2, 0) is 11.2 Å². The van der Waals surface area contributed by atoms with E-state index in [9.17, 15) is 0 Å². The zero-order chi connectivity index (χ0) is 10.9. The summed E-state index contributed by atoms with van der Waals surface area (Å²) in [6, 6.07) is 10.5. The molecule has 0 aliphatic rings. The second kappa shape index (κ2) is 7.43. The van der Waals surface area contributed by atoms with Gasteiger partial charge < -0.3 is 10.1 Å². The number of rotatable bonds is 7. The molecule has 0 radical (unpaired) electrons. The number of hydrogen-bond donors (Lipinski definition) is 1. The van der Waals surface area contributed by atoms with Crippen molar-refractivity contribution in [2.45, 2.75) is 25.9 Å². The molecular weight excluding hydrogens is 186 g/mol. The molecule has 0 aromatic heterocycles. The molecule has 1 unspecified atom stereocenters. The molecule has 15 heavy (non-hydrogen) atoms. The number of aryl methyl sites for hydroxylation is 1. The van der Waals surface area contributed by atoms with E-state index >= 15 is 0 Å². The van der Waals surface area contributed by atoms with Crippen LogP contribution in [0.15, 0.2) is 30.3 Å². The molecule has 84 valence electrons. The Hall–Kier alpha value is -0.860. The predicted octanol–water partition coefficient (Wildman–Crippen LogP) is 2.24. The number of nitrogens with one attached hydrogen (secondary N) is 1. The Morgan fingerprint density at radius 1 is 1.27 bits per heavy atom. The van der Waals surface area contributed by atoms with Crippen LogP contribution in [0.5, 0.6) is 0 Å². The van der Waals surface area contributed by atoms with Gasteiger partial charge in [0.25, 0.3) is 0 Å². The van der Waals surface area contributed by atoms with Gasteiger partial charge in [-0.1, -0.05) is 30.3 Å². The second-order valence-electron chi connectivity index (χ2n) is 3.83. The zero-order valence-electron chi connectivity index (χ0n) is 9.70. The first-order chi connectivity index (χ1) is 7.33. The lowest BCUT2D eigenvalue weighted by Crippen LogP contribution is -2.24. The SMILES string of the molecule is CNCC(C)OCCCc1ccccc1. The van der Waals surface area contributed by atoms with Gasteiger partial charge in [-0.3, -0.25) is 0 Å². The van der Waals surface area contributed by atoms with Crippen LogP contribution in [0, 0.1) is 0 Å². The molecule has 2 nitrogen and oxygen atoms in total. The lowest BCUT2D eigenvalue weighted by molar-refractivity contribution is 0.0657. The molecular formula is C13H21NO. The third kappa shape index (κ3) is 5.55. The van der Waals surface area contributed by atoms with Crippen LogP contribution in [0.4, 0.5) is 0 Å². The van der Waals surface area contributed by atoms with Crippen LogP contribution in [0.2, 0.25) is 0 Å². The quantitative estimate of drug-likeness (QED) is 0.692. The van der Waals surface area contributed by atoms with Crippen LogP contribution in [0.1, 0.15) is 18.9 Å². The zero-order valence-corrected chi connectivity index (χ0v) is 9.70. The third-order valence-electron chi connectivity index (χ3n) is 2.35. The van der Waals surface area contributed by atoms with Crippen LogP contribution in [0.3, 0.4) is 0 Å². The molecule has 0 spiro atoms. The molecule has 1 N–H and O–H groups in total. The topological polar surface area (TPSA) is 21.3 Å². The highest BCUT2D eigenvalue weighted by atomic mass is 16.5. The van der Waals surface area contributed by atoms with Gasteiger partial charge in [-0.2, -0.15) is 0 Å². The summed E-state index contributed by atoms with van der Waals surface area (Å²) in [4.78, 5) is 0. The standard InChI is InChI=1S/C13H21NO/c1-12(11-14-2)15-10-6-9-13-7-4-3-5-8-13/h3-5,7-8,12,14H,6,9-11H2,1-2H3. The lowest BCUT2D eigenvalue weighted by Gasteiger charge is -2.11. The van der Waals surface area contributed by atoms with Gasteiger partial charge in [0.05, 0.1) is 6.10 Å². The monoisotopic (exact) mass is 207 g/mol. The van der Waals surface area contributed by atoms with E-state index in [1.54, 1.807) is 0 Å². The average molecular weight is 207 g/mol. The summed E-state index contributed by atoms with van der Waals surface area (Å²) in [6.45, 7) is 3.86. The number of likely N-dealkylation sites (N-methyl/N-ethyl adjacent to an activating group) is 1. The van der Waals surface area contributed by atoms with Crippen LogP contribution < -0.4 is 5.32 Å². The predicted molar refractivity (Wildman–Crippen MR) is 64.1 cm³/mol. The van der Waals surface area contributed by atoms with Crippen molar-refractivity contribution in [1.29, 1.82) is 0 Å². The van der Waals surface area contributed by atoms with Crippen molar-refractivity contribution >= 4 is 0 Å². The first kappa shape index (κ1) is 12.2. The van der Waals surface area contributed by atoms with E-state index in [2.05, 4.69) is 42.6 Å². The van der Waals surface area contributed by atoms with E-state index in [0.717, 1.165) is 26.0 Å². The number of ether oxygens (including phenoxy) is 1. The minimum absolute atomic E-state index is 0.311. The van der Waals surface area contributed by atoms with Gasteiger partial charge >= 0.3 is 0 Å². The van der Waals surface area contributed by atoms with Gasteiger partial charge in [0.1, 0.15) is 0 Å². The fourth-order valence-electron chi connectivity index (χ4n) is 1.55. The van der Waals surface area contributed by atoms with Crippen LogP contribution >= 0.6 is 0 Å². The Kier molecular flexibility index (Phi) is 6.05. The molecule has 1 rings (SSSR count). The van der Waals surface area contributed by atoms with E-state index in [1.165, 1.54) is 5.56 Å². The van der Waals surface area contributed by atoms with Crippen molar-refractivity contribution in [3.05, 3.63) is 35.9 Å². The molecule has 1 aromatic carbocycles. The summed E-state index contributed by atoms with van der Waals surface area (Å²) < 4.78 is 5.64. The molecule has 1 aromatic rings. The van der Waals surface area contributed by atoms with Crippen LogP contribution in [0.25, 0.3) is 0 Å². The lowest BCUT2D eigenvalue weighted by atomic mass is 10.1. The Morgan fingerprint density at radius 3 is 2.67 bits per heavy atom. The van der Waals surface area contributed by atoms with Gasteiger partial charge in [-0.15, -0.1) is 0 Å². The van der Waals surface area contributed by atoms with E-state index in [-0.39, 0.29) is 0 Å². The highest BCUT2D eigenvalue weighted by molar-refractivity contribution is 5.14. The Bertz CT molecular complexity index is 248. The van der Waals surface area contributed by atoms with Gasteiger partial charge in [-0.05, 0) is 32.4 Å².